The second-order valence-electron chi connectivity index (χ2n) is 6.80. The molecule has 0 aliphatic carbocycles. The Labute approximate surface area is 182 Å². The molecule has 2 aromatic carbocycles. The number of methoxy groups -OCH3 is 1. The standard InChI is InChI=1S/C21H18ClN3O4S/c1-29-13-8-6-12(7-9-13)17-10-16(14-4-2-3-5-15(14)22)24-25(17)21-23-20(28)18(30-21)11-19(26)27/h2-9,17-18H,10-11H2,1H3,(H,26,27). The van der Waals surface area contributed by atoms with Gasteiger partial charge >= 0.3 is 5.97 Å². The minimum Gasteiger partial charge on any atom is -0.497 e. The first-order chi connectivity index (χ1) is 14.5. The van der Waals surface area contributed by atoms with Gasteiger partial charge in [-0.1, -0.05) is 53.7 Å². The Morgan fingerprint density at radius 2 is 2.00 bits per heavy atom. The maximum Gasteiger partial charge on any atom is 0.305 e. The monoisotopic (exact) mass is 443 g/mol. The van der Waals surface area contributed by atoms with E-state index >= 15 is 0 Å². The van der Waals surface area contributed by atoms with E-state index in [-0.39, 0.29) is 12.5 Å². The van der Waals surface area contributed by atoms with E-state index in [1.165, 1.54) is 0 Å². The highest BCUT2D eigenvalue weighted by molar-refractivity contribution is 8.15. The predicted molar refractivity (Wildman–Crippen MR) is 116 cm³/mol. The average molecular weight is 444 g/mol. The lowest BCUT2D eigenvalue weighted by Crippen LogP contribution is -2.24. The maximum absolute atomic E-state index is 12.2. The number of amidine groups is 1. The molecule has 0 aromatic heterocycles. The van der Waals surface area contributed by atoms with Crippen molar-refractivity contribution in [2.24, 2.45) is 10.1 Å². The van der Waals surface area contributed by atoms with Gasteiger partial charge in [0.25, 0.3) is 5.91 Å². The Bertz CT molecular complexity index is 1050. The van der Waals surface area contributed by atoms with Crippen LogP contribution in [0.1, 0.15) is 30.0 Å². The number of rotatable bonds is 5. The molecule has 2 unspecified atom stereocenters. The maximum atomic E-state index is 12.2. The Morgan fingerprint density at radius 3 is 2.67 bits per heavy atom. The third-order valence-electron chi connectivity index (χ3n) is 4.88. The van der Waals surface area contributed by atoms with Crippen LogP contribution in [0, 0.1) is 0 Å². The van der Waals surface area contributed by atoms with Crippen molar-refractivity contribution in [1.29, 1.82) is 0 Å². The van der Waals surface area contributed by atoms with Crippen molar-refractivity contribution in [3.05, 3.63) is 64.7 Å². The molecular formula is C21H18ClN3O4S. The summed E-state index contributed by atoms with van der Waals surface area (Å²) < 4.78 is 5.24. The summed E-state index contributed by atoms with van der Waals surface area (Å²) in [4.78, 5) is 27.4. The molecule has 2 heterocycles. The molecule has 9 heteroatoms. The van der Waals surface area contributed by atoms with Crippen LogP contribution in [0.5, 0.6) is 5.75 Å². The van der Waals surface area contributed by atoms with Crippen molar-refractivity contribution >= 4 is 46.1 Å². The summed E-state index contributed by atoms with van der Waals surface area (Å²) in [6, 6.07) is 14.9. The topological polar surface area (TPSA) is 91.6 Å². The van der Waals surface area contributed by atoms with Crippen LogP contribution in [0.15, 0.2) is 58.6 Å². The van der Waals surface area contributed by atoms with E-state index in [9.17, 15) is 9.59 Å². The molecule has 2 aliphatic heterocycles. The number of halogens is 1. The van der Waals surface area contributed by atoms with Crippen LogP contribution in [-0.2, 0) is 9.59 Å². The molecule has 1 amide bonds. The largest absolute Gasteiger partial charge is 0.497 e. The van der Waals surface area contributed by atoms with Gasteiger partial charge in [0.05, 0.1) is 25.3 Å². The first-order valence-electron chi connectivity index (χ1n) is 9.23. The van der Waals surface area contributed by atoms with Gasteiger partial charge in [-0.15, -0.1) is 0 Å². The van der Waals surface area contributed by atoms with Gasteiger partial charge in [-0.2, -0.15) is 10.1 Å². The zero-order valence-corrected chi connectivity index (χ0v) is 17.6. The molecule has 154 valence electrons. The first-order valence-corrected chi connectivity index (χ1v) is 10.5. The Balaban J connectivity index is 1.69. The highest BCUT2D eigenvalue weighted by atomic mass is 35.5. The van der Waals surface area contributed by atoms with E-state index in [1.54, 1.807) is 18.2 Å². The van der Waals surface area contributed by atoms with Crippen molar-refractivity contribution in [1.82, 2.24) is 5.01 Å². The number of aliphatic carboxylic acids is 1. The Morgan fingerprint density at radius 1 is 1.27 bits per heavy atom. The minimum absolute atomic E-state index is 0.204. The van der Waals surface area contributed by atoms with E-state index < -0.39 is 17.1 Å². The van der Waals surface area contributed by atoms with Gasteiger partial charge in [0.15, 0.2) is 5.17 Å². The number of hydrogen-bond acceptors (Lipinski definition) is 6. The van der Waals surface area contributed by atoms with Gasteiger partial charge in [0.2, 0.25) is 0 Å². The molecule has 4 rings (SSSR count). The van der Waals surface area contributed by atoms with Crippen LogP contribution in [0.25, 0.3) is 0 Å². The molecule has 0 spiro atoms. The quantitative estimate of drug-likeness (QED) is 0.751. The number of hydrogen-bond donors (Lipinski definition) is 1. The summed E-state index contributed by atoms with van der Waals surface area (Å²) in [5.74, 6) is -0.752. The minimum atomic E-state index is -1.04. The fourth-order valence-electron chi connectivity index (χ4n) is 3.39. The number of nitrogens with zero attached hydrogens (tertiary/aromatic N) is 3. The van der Waals surface area contributed by atoms with Crippen LogP contribution in [0.3, 0.4) is 0 Å². The lowest BCUT2D eigenvalue weighted by atomic mass is 9.98. The van der Waals surface area contributed by atoms with Gasteiger partial charge in [0.1, 0.15) is 11.0 Å². The van der Waals surface area contributed by atoms with Crippen molar-refractivity contribution in [3.63, 3.8) is 0 Å². The highest BCUT2D eigenvalue weighted by Gasteiger charge is 2.39. The predicted octanol–water partition coefficient (Wildman–Crippen LogP) is 3.97. The van der Waals surface area contributed by atoms with Crippen LogP contribution in [0.2, 0.25) is 5.02 Å². The number of hydrazone groups is 1. The third-order valence-corrected chi connectivity index (χ3v) is 6.35. The highest BCUT2D eigenvalue weighted by Crippen LogP contribution is 2.39. The van der Waals surface area contributed by atoms with Crippen molar-refractivity contribution in [2.45, 2.75) is 24.1 Å². The molecule has 0 bridgehead atoms. The second-order valence-corrected chi connectivity index (χ2v) is 8.38. The van der Waals surface area contributed by atoms with Gasteiger partial charge in [-0.25, -0.2) is 5.01 Å². The smallest absolute Gasteiger partial charge is 0.305 e. The third kappa shape index (κ3) is 4.06. The number of aliphatic imine (C=N–C) groups is 1. The zero-order chi connectivity index (χ0) is 21.3. The molecule has 2 atom stereocenters. The summed E-state index contributed by atoms with van der Waals surface area (Å²) in [6.07, 6.45) is 0.284. The number of carbonyl (C=O) groups excluding carboxylic acids is 1. The molecule has 0 saturated carbocycles. The normalized spacial score (nSPS) is 20.9. The lowest BCUT2D eigenvalue weighted by molar-refractivity contribution is -0.138. The average Bonchev–Trinajstić information content (AvgIpc) is 3.32. The number of benzene rings is 2. The van der Waals surface area contributed by atoms with Gasteiger partial charge in [-0.3, -0.25) is 9.59 Å². The number of amides is 1. The molecule has 2 aliphatic rings. The lowest BCUT2D eigenvalue weighted by Gasteiger charge is -2.23. The van der Waals surface area contributed by atoms with Gasteiger partial charge in [-0.05, 0) is 23.8 Å². The molecular weight excluding hydrogens is 426 g/mol. The number of thioether (sulfide) groups is 1. The first kappa shape index (κ1) is 20.4. The fraction of sp³-hybridized carbons (Fsp3) is 0.238. The molecule has 2 aromatic rings. The van der Waals surface area contributed by atoms with E-state index in [2.05, 4.69) is 4.99 Å². The number of ether oxygens (including phenoxy) is 1. The molecule has 30 heavy (non-hydrogen) atoms. The summed E-state index contributed by atoms with van der Waals surface area (Å²) >= 11 is 7.51. The van der Waals surface area contributed by atoms with Crippen molar-refractivity contribution in [2.75, 3.05) is 7.11 Å². The Kier molecular flexibility index (Phi) is 5.78. The van der Waals surface area contributed by atoms with E-state index in [0.717, 1.165) is 34.3 Å². The second kappa shape index (κ2) is 8.49. The van der Waals surface area contributed by atoms with E-state index in [1.807, 2.05) is 42.5 Å². The number of carbonyl (C=O) groups is 2. The molecule has 0 radical (unpaired) electrons. The summed E-state index contributed by atoms with van der Waals surface area (Å²) in [6.45, 7) is 0. The van der Waals surface area contributed by atoms with Crippen LogP contribution in [0.4, 0.5) is 0 Å². The molecule has 1 N–H and O–H groups in total. The van der Waals surface area contributed by atoms with Crippen molar-refractivity contribution in [3.8, 4) is 5.75 Å². The number of carboxylic acid groups (broad SMARTS) is 1. The summed E-state index contributed by atoms with van der Waals surface area (Å²) in [5, 5.41) is 15.7. The van der Waals surface area contributed by atoms with Crippen molar-refractivity contribution < 1.29 is 19.4 Å². The summed E-state index contributed by atoms with van der Waals surface area (Å²) in [5.41, 5.74) is 2.56. The molecule has 0 fully saturated rings. The van der Waals surface area contributed by atoms with E-state index in [4.69, 9.17) is 26.5 Å². The molecule has 7 nitrogen and oxygen atoms in total. The SMILES string of the molecule is COc1ccc(C2CC(c3ccccc3Cl)=NN2C2=NC(=O)C(CC(=O)O)S2)cc1. The zero-order valence-electron chi connectivity index (χ0n) is 16.0. The van der Waals surface area contributed by atoms with Gasteiger partial charge < -0.3 is 9.84 Å². The summed E-state index contributed by atoms with van der Waals surface area (Å²) in [7, 11) is 1.60. The van der Waals surface area contributed by atoms with Crippen LogP contribution >= 0.6 is 23.4 Å². The fourth-order valence-corrected chi connectivity index (χ4v) is 4.69. The van der Waals surface area contributed by atoms with Gasteiger partial charge in [0, 0.05) is 17.0 Å². The number of carboxylic acids is 1. The van der Waals surface area contributed by atoms with E-state index in [0.29, 0.717) is 16.6 Å². The molecule has 0 saturated heterocycles. The van der Waals surface area contributed by atoms with Crippen LogP contribution < -0.4 is 4.74 Å². The Hall–Kier alpha value is -2.84. The van der Waals surface area contributed by atoms with Crippen LogP contribution in [-0.4, -0.2) is 45.2 Å².